The summed E-state index contributed by atoms with van der Waals surface area (Å²) in [4.78, 5) is 27.5. The van der Waals surface area contributed by atoms with Crippen molar-refractivity contribution in [1.29, 1.82) is 0 Å². The molecule has 11 nitrogen and oxygen atoms in total. The van der Waals surface area contributed by atoms with Gasteiger partial charge in [0, 0.05) is 39.3 Å². The van der Waals surface area contributed by atoms with E-state index in [1.165, 1.54) is 6.08 Å². The number of carbonyl (C=O) groups excluding carboxylic acids is 1. The van der Waals surface area contributed by atoms with Crippen molar-refractivity contribution in [1.82, 2.24) is 14.9 Å². The van der Waals surface area contributed by atoms with Crippen LogP contribution in [0.5, 0.6) is 11.5 Å². The van der Waals surface area contributed by atoms with Crippen molar-refractivity contribution in [3.05, 3.63) is 31.0 Å². The SMILES string of the molecule is C=CC(=O)Nc1cc(Nc2ncc(OC)c(N3CCOCC3)n2)c(OC)cc1N(C)CCN(C)C. The molecule has 3 rings (SSSR count). The number of rotatable bonds is 11. The number of ether oxygens (including phenoxy) is 3. The Morgan fingerprint density at radius 3 is 2.49 bits per heavy atom. The van der Waals surface area contributed by atoms with Gasteiger partial charge in [0.25, 0.3) is 0 Å². The third-order valence-electron chi connectivity index (χ3n) is 5.57. The fraction of sp³-hybridized carbons (Fsp3) is 0.458. The molecule has 1 aliphatic rings. The third kappa shape index (κ3) is 6.74. The van der Waals surface area contributed by atoms with E-state index in [1.807, 2.05) is 33.3 Å². The minimum absolute atomic E-state index is 0.307. The molecule has 2 heterocycles. The molecular formula is C24H35N7O4. The fourth-order valence-electron chi connectivity index (χ4n) is 3.59. The quantitative estimate of drug-likeness (QED) is 0.460. The summed E-state index contributed by atoms with van der Waals surface area (Å²) >= 11 is 0. The molecule has 2 aromatic rings. The zero-order chi connectivity index (χ0) is 25.4. The van der Waals surface area contributed by atoms with E-state index >= 15 is 0 Å². The lowest BCUT2D eigenvalue weighted by Gasteiger charge is -2.29. The fourth-order valence-corrected chi connectivity index (χ4v) is 3.59. The van der Waals surface area contributed by atoms with Crippen molar-refractivity contribution in [2.45, 2.75) is 0 Å². The van der Waals surface area contributed by atoms with Crippen molar-refractivity contribution in [3.63, 3.8) is 0 Å². The van der Waals surface area contributed by atoms with Gasteiger partial charge in [0.15, 0.2) is 11.6 Å². The van der Waals surface area contributed by atoms with Gasteiger partial charge < -0.3 is 39.5 Å². The van der Waals surface area contributed by atoms with E-state index in [0.717, 1.165) is 18.8 Å². The van der Waals surface area contributed by atoms with Gasteiger partial charge >= 0.3 is 0 Å². The van der Waals surface area contributed by atoms with Crippen LogP contribution in [0.1, 0.15) is 0 Å². The van der Waals surface area contributed by atoms with Gasteiger partial charge in [0.2, 0.25) is 11.9 Å². The Labute approximate surface area is 206 Å². The minimum atomic E-state index is -0.307. The van der Waals surface area contributed by atoms with Crippen LogP contribution in [-0.4, -0.2) is 95.5 Å². The normalized spacial score (nSPS) is 13.4. The number of carbonyl (C=O) groups is 1. The summed E-state index contributed by atoms with van der Waals surface area (Å²) < 4.78 is 16.6. The maximum atomic E-state index is 12.2. The van der Waals surface area contributed by atoms with Crippen LogP contribution >= 0.6 is 0 Å². The molecule has 11 heteroatoms. The molecule has 0 saturated carbocycles. The summed E-state index contributed by atoms with van der Waals surface area (Å²) in [6.45, 7) is 7.83. The lowest BCUT2D eigenvalue weighted by molar-refractivity contribution is -0.111. The highest BCUT2D eigenvalue weighted by Gasteiger charge is 2.20. The predicted molar refractivity (Wildman–Crippen MR) is 139 cm³/mol. The van der Waals surface area contributed by atoms with Crippen LogP contribution in [0.2, 0.25) is 0 Å². The average Bonchev–Trinajstić information content (AvgIpc) is 2.87. The van der Waals surface area contributed by atoms with Crippen LogP contribution in [0, 0.1) is 0 Å². The van der Waals surface area contributed by atoms with Crippen LogP contribution in [-0.2, 0) is 9.53 Å². The number of morpholine rings is 1. The van der Waals surface area contributed by atoms with Gasteiger partial charge in [-0.15, -0.1) is 0 Å². The smallest absolute Gasteiger partial charge is 0.247 e. The Kier molecular flexibility index (Phi) is 9.10. The van der Waals surface area contributed by atoms with Crippen molar-refractivity contribution in [2.24, 2.45) is 0 Å². The standard InChI is InChI=1S/C24H35N7O4/c1-7-22(32)26-17-14-18(20(33-5)15-19(17)30(4)9-8-29(2)3)27-24-25-16-21(34-6)23(28-24)31-10-12-35-13-11-31/h7,14-16H,1,8-13H2,2-6H3,(H,26,32)(H,25,27,28). The molecule has 1 saturated heterocycles. The second-order valence-corrected chi connectivity index (χ2v) is 8.30. The summed E-state index contributed by atoms with van der Waals surface area (Å²) in [6, 6.07) is 3.69. The van der Waals surface area contributed by atoms with Gasteiger partial charge in [0.1, 0.15) is 5.75 Å². The second kappa shape index (κ2) is 12.2. The first kappa shape index (κ1) is 26.0. The van der Waals surface area contributed by atoms with Crippen LogP contribution < -0.4 is 29.9 Å². The molecule has 0 atom stereocenters. The van der Waals surface area contributed by atoms with Gasteiger partial charge in [0.05, 0.1) is 50.7 Å². The molecule has 0 spiro atoms. The average molecular weight is 486 g/mol. The first-order valence-electron chi connectivity index (χ1n) is 11.4. The molecule has 1 aliphatic heterocycles. The first-order chi connectivity index (χ1) is 16.9. The third-order valence-corrected chi connectivity index (χ3v) is 5.57. The number of hydrogen-bond acceptors (Lipinski definition) is 10. The van der Waals surface area contributed by atoms with E-state index < -0.39 is 0 Å². The molecule has 1 amide bonds. The number of nitrogens with zero attached hydrogens (tertiary/aromatic N) is 5. The molecule has 0 aliphatic carbocycles. The number of nitrogens with one attached hydrogen (secondary N) is 2. The topological polar surface area (TPSA) is 104 Å². The van der Waals surface area contributed by atoms with E-state index in [1.54, 1.807) is 20.4 Å². The number of likely N-dealkylation sites (N-methyl/N-ethyl adjacent to an activating group) is 2. The summed E-state index contributed by atoms with van der Waals surface area (Å²) in [6.07, 6.45) is 2.87. The summed E-state index contributed by atoms with van der Waals surface area (Å²) in [7, 11) is 9.19. The highest BCUT2D eigenvalue weighted by molar-refractivity contribution is 6.02. The molecule has 1 aromatic carbocycles. The number of anilines is 5. The molecule has 35 heavy (non-hydrogen) atoms. The van der Waals surface area contributed by atoms with Gasteiger partial charge in [-0.3, -0.25) is 4.79 Å². The van der Waals surface area contributed by atoms with Gasteiger partial charge in [-0.05, 0) is 26.2 Å². The number of hydrogen-bond donors (Lipinski definition) is 2. The van der Waals surface area contributed by atoms with Crippen LogP contribution in [0.25, 0.3) is 0 Å². The Balaban J connectivity index is 1.96. The van der Waals surface area contributed by atoms with E-state index in [9.17, 15) is 4.79 Å². The zero-order valence-electron chi connectivity index (χ0n) is 21.1. The van der Waals surface area contributed by atoms with Crippen LogP contribution in [0.3, 0.4) is 0 Å². The lowest BCUT2D eigenvalue weighted by Crippen LogP contribution is -2.37. The largest absolute Gasteiger partial charge is 0.494 e. The van der Waals surface area contributed by atoms with Crippen LogP contribution in [0.15, 0.2) is 31.0 Å². The number of benzene rings is 1. The Hall–Kier alpha value is -3.57. The van der Waals surface area contributed by atoms with E-state index in [0.29, 0.717) is 60.9 Å². The summed E-state index contributed by atoms with van der Waals surface area (Å²) in [5.74, 6) is 1.92. The molecule has 1 aromatic heterocycles. The Morgan fingerprint density at radius 2 is 1.86 bits per heavy atom. The van der Waals surface area contributed by atoms with E-state index in [-0.39, 0.29) is 5.91 Å². The molecular weight excluding hydrogens is 450 g/mol. The molecule has 0 bridgehead atoms. The lowest BCUT2D eigenvalue weighted by atomic mass is 10.2. The van der Waals surface area contributed by atoms with Crippen molar-refractivity contribution < 1.29 is 19.0 Å². The number of methoxy groups -OCH3 is 2. The molecule has 2 N–H and O–H groups in total. The Morgan fingerprint density at radius 1 is 1.14 bits per heavy atom. The Bertz CT molecular complexity index is 1030. The zero-order valence-corrected chi connectivity index (χ0v) is 21.1. The number of aromatic nitrogens is 2. The monoisotopic (exact) mass is 485 g/mol. The van der Waals surface area contributed by atoms with Crippen molar-refractivity contribution in [2.75, 3.05) is 95.2 Å². The first-order valence-corrected chi connectivity index (χ1v) is 11.4. The highest BCUT2D eigenvalue weighted by atomic mass is 16.5. The summed E-state index contributed by atoms with van der Waals surface area (Å²) in [5.41, 5.74) is 2.03. The van der Waals surface area contributed by atoms with Crippen molar-refractivity contribution in [3.8, 4) is 11.5 Å². The molecule has 0 radical (unpaired) electrons. The van der Waals surface area contributed by atoms with E-state index in [4.69, 9.17) is 19.2 Å². The van der Waals surface area contributed by atoms with Gasteiger partial charge in [-0.1, -0.05) is 6.58 Å². The molecule has 190 valence electrons. The van der Waals surface area contributed by atoms with Crippen LogP contribution in [0.4, 0.5) is 28.8 Å². The summed E-state index contributed by atoms with van der Waals surface area (Å²) in [5, 5.41) is 6.13. The van der Waals surface area contributed by atoms with Crippen molar-refractivity contribution >= 4 is 34.7 Å². The molecule has 1 fully saturated rings. The van der Waals surface area contributed by atoms with Gasteiger partial charge in [-0.25, -0.2) is 4.98 Å². The maximum absolute atomic E-state index is 12.2. The predicted octanol–water partition coefficient (Wildman–Crippen LogP) is 2.20. The minimum Gasteiger partial charge on any atom is -0.494 e. The van der Waals surface area contributed by atoms with E-state index in [2.05, 4.69) is 36.9 Å². The molecule has 0 unspecified atom stereocenters. The number of amides is 1. The second-order valence-electron chi connectivity index (χ2n) is 8.30. The highest BCUT2D eigenvalue weighted by Crippen LogP contribution is 2.38. The maximum Gasteiger partial charge on any atom is 0.247 e. The van der Waals surface area contributed by atoms with Gasteiger partial charge in [-0.2, -0.15) is 4.98 Å².